The molecule has 0 unspecified atom stereocenters. The van der Waals surface area contributed by atoms with Crippen molar-refractivity contribution >= 4 is 11.5 Å². The maximum absolute atomic E-state index is 12.0. The number of esters is 1. The van der Waals surface area contributed by atoms with E-state index in [4.69, 9.17) is 4.74 Å². The van der Waals surface area contributed by atoms with E-state index in [1.165, 1.54) is 7.11 Å². The molecular formula is C16H20O2. The lowest BCUT2D eigenvalue weighted by atomic mass is 9.74. The standard InChI is InChI=1S/C16H20O2/c1-12(13-8-5-4-6-9-13)14-10-7-11-16(14,2)15(17)18-3/h4-6,8-9,14H,1,7,10-11H2,2-3H3/t14-,16+/m0/s1. The molecule has 0 bridgehead atoms. The minimum Gasteiger partial charge on any atom is -0.469 e. The molecule has 2 atom stereocenters. The van der Waals surface area contributed by atoms with Crippen LogP contribution in [0.5, 0.6) is 0 Å². The summed E-state index contributed by atoms with van der Waals surface area (Å²) in [5, 5.41) is 0. The van der Waals surface area contributed by atoms with Gasteiger partial charge in [0, 0.05) is 0 Å². The fourth-order valence-corrected chi connectivity index (χ4v) is 3.06. The van der Waals surface area contributed by atoms with Crippen molar-refractivity contribution < 1.29 is 9.53 Å². The van der Waals surface area contributed by atoms with Crippen molar-refractivity contribution in [3.63, 3.8) is 0 Å². The van der Waals surface area contributed by atoms with Crippen molar-refractivity contribution in [3.8, 4) is 0 Å². The zero-order valence-corrected chi connectivity index (χ0v) is 11.1. The van der Waals surface area contributed by atoms with E-state index >= 15 is 0 Å². The SMILES string of the molecule is C=C(c1ccccc1)[C@@H]1CCC[C@@]1(C)C(=O)OC. The van der Waals surface area contributed by atoms with Gasteiger partial charge in [-0.1, -0.05) is 43.3 Å². The average Bonchev–Trinajstić information content (AvgIpc) is 2.81. The molecule has 0 spiro atoms. The molecule has 0 heterocycles. The lowest BCUT2D eigenvalue weighted by molar-refractivity contribution is -0.152. The molecule has 1 aromatic carbocycles. The van der Waals surface area contributed by atoms with E-state index in [1.807, 2.05) is 25.1 Å². The third-order valence-corrected chi connectivity index (χ3v) is 4.17. The Morgan fingerprint density at radius 2 is 2.06 bits per heavy atom. The maximum Gasteiger partial charge on any atom is 0.312 e. The van der Waals surface area contributed by atoms with E-state index in [9.17, 15) is 4.79 Å². The molecule has 0 radical (unpaired) electrons. The second kappa shape index (κ2) is 4.97. The van der Waals surface area contributed by atoms with Crippen LogP contribution in [0.3, 0.4) is 0 Å². The van der Waals surface area contributed by atoms with Crippen molar-refractivity contribution in [2.24, 2.45) is 11.3 Å². The molecule has 0 aromatic heterocycles. The molecule has 1 aromatic rings. The van der Waals surface area contributed by atoms with E-state index in [2.05, 4.69) is 18.7 Å². The number of hydrogen-bond donors (Lipinski definition) is 0. The maximum atomic E-state index is 12.0. The smallest absolute Gasteiger partial charge is 0.312 e. The summed E-state index contributed by atoms with van der Waals surface area (Å²) in [6, 6.07) is 10.1. The predicted molar refractivity (Wildman–Crippen MR) is 72.9 cm³/mol. The molecule has 1 fully saturated rings. The van der Waals surface area contributed by atoms with E-state index in [0.717, 1.165) is 30.4 Å². The van der Waals surface area contributed by atoms with Gasteiger partial charge in [-0.15, -0.1) is 0 Å². The largest absolute Gasteiger partial charge is 0.469 e. The lowest BCUT2D eigenvalue weighted by Gasteiger charge is -2.30. The van der Waals surface area contributed by atoms with Gasteiger partial charge in [0.1, 0.15) is 0 Å². The molecule has 0 N–H and O–H groups in total. The molecule has 2 rings (SSSR count). The van der Waals surface area contributed by atoms with Gasteiger partial charge in [-0.3, -0.25) is 4.79 Å². The monoisotopic (exact) mass is 244 g/mol. The highest BCUT2D eigenvalue weighted by molar-refractivity contribution is 5.81. The molecule has 2 nitrogen and oxygen atoms in total. The van der Waals surface area contributed by atoms with Crippen LogP contribution in [0.4, 0.5) is 0 Å². The predicted octanol–water partition coefficient (Wildman–Crippen LogP) is 3.68. The zero-order chi connectivity index (χ0) is 13.2. The van der Waals surface area contributed by atoms with Gasteiger partial charge in [0.25, 0.3) is 0 Å². The van der Waals surface area contributed by atoms with Crippen LogP contribution in [0.25, 0.3) is 5.57 Å². The fraction of sp³-hybridized carbons (Fsp3) is 0.438. The van der Waals surface area contributed by atoms with Crippen molar-refractivity contribution in [3.05, 3.63) is 42.5 Å². The number of allylic oxidation sites excluding steroid dienone is 1. The Hall–Kier alpha value is -1.57. The molecule has 18 heavy (non-hydrogen) atoms. The van der Waals surface area contributed by atoms with Crippen LogP contribution in [0, 0.1) is 11.3 Å². The van der Waals surface area contributed by atoms with Gasteiger partial charge in [-0.05, 0) is 36.8 Å². The first-order valence-corrected chi connectivity index (χ1v) is 6.42. The molecular weight excluding hydrogens is 224 g/mol. The Labute approximate surface area is 109 Å². The first kappa shape index (κ1) is 12.9. The van der Waals surface area contributed by atoms with Gasteiger partial charge in [0.05, 0.1) is 12.5 Å². The Bertz CT molecular complexity index is 449. The molecule has 1 aliphatic rings. The van der Waals surface area contributed by atoms with Crippen LogP contribution in [-0.2, 0) is 9.53 Å². The number of rotatable bonds is 3. The summed E-state index contributed by atoms with van der Waals surface area (Å²) in [6.45, 7) is 6.22. The first-order chi connectivity index (χ1) is 8.59. The number of methoxy groups -OCH3 is 1. The second-order valence-corrected chi connectivity index (χ2v) is 5.25. The van der Waals surface area contributed by atoms with Gasteiger partial charge in [0.2, 0.25) is 0 Å². The molecule has 0 saturated heterocycles. The minimum atomic E-state index is -0.415. The molecule has 0 aliphatic heterocycles. The van der Waals surface area contributed by atoms with Crippen LogP contribution < -0.4 is 0 Å². The summed E-state index contributed by atoms with van der Waals surface area (Å²) in [6.07, 6.45) is 2.96. The second-order valence-electron chi connectivity index (χ2n) is 5.25. The van der Waals surface area contributed by atoms with E-state index in [0.29, 0.717) is 0 Å². The number of carbonyl (C=O) groups is 1. The summed E-state index contributed by atoms with van der Waals surface area (Å²) in [5.74, 6) is 0.0782. The number of ether oxygens (including phenoxy) is 1. The van der Waals surface area contributed by atoms with Crippen molar-refractivity contribution in [1.82, 2.24) is 0 Å². The van der Waals surface area contributed by atoms with E-state index in [-0.39, 0.29) is 11.9 Å². The van der Waals surface area contributed by atoms with Gasteiger partial charge in [0.15, 0.2) is 0 Å². The Kier molecular flexibility index (Phi) is 3.55. The molecule has 1 aliphatic carbocycles. The Morgan fingerprint density at radius 3 is 2.67 bits per heavy atom. The van der Waals surface area contributed by atoms with Gasteiger partial charge >= 0.3 is 5.97 Å². The number of carbonyl (C=O) groups excluding carboxylic acids is 1. The van der Waals surface area contributed by atoms with E-state index in [1.54, 1.807) is 0 Å². The quantitative estimate of drug-likeness (QED) is 0.758. The third kappa shape index (κ3) is 2.07. The molecule has 96 valence electrons. The summed E-state index contributed by atoms with van der Waals surface area (Å²) in [7, 11) is 1.47. The van der Waals surface area contributed by atoms with Gasteiger partial charge in [-0.25, -0.2) is 0 Å². The highest BCUT2D eigenvalue weighted by Gasteiger charge is 2.47. The van der Waals surface area contributed by atoms with Crippen molar-refractivity contribution in [2.45, 2.75) is 26.2 Å². The van der Waals surface area contributed by atoms with Crippen LogP contribution >= 0.6 is 0 Å². The first-order valence-electron chi connectivity index (χ1n) is 6.42. The summed E-state index contributed by atoms with van der Waals surface area (Å²) in [5.41, 5.74) is 1.77. The van der Waals surface area contributed by atoms with Crippen LogP contribution in [0.15, 0.2) is 36.9 Å². The normalized spacial score (nSPS) is 26.9. The Morgan fingerprint density at radius 1 is 1.39 bits per heavy atom. The van der Waals surface area contributed by atoms with Gasteiger partial charge in [-0.2, -0.15) is 0 Å². The lowest BCUT2D eigenvalue weighted by Crippen LogP contribution is -2.33. The highest BCUT2D eigenvalue weighted by atomic mass is 16.5. The van der Waals surface area contributed by atoms with Crippen LogP contribution in [0.2, 0.25) is 0 Å². The minimum absolute atomic E-state index is 0.109. The summed E-state index contributed by atoms with van der Waals surface area (Å²) < 4.78 is 4.97. The molecule has 2 heteroatoms. The summed E-state index contributed by atoms with van der Waals surface area (Å²) >= 11 is 0. The molecule has 0 amide bonds. The van der Waals surface area contributed by atoms with E-state index < -0.39 is 5.41 Å². The van der Waals surface area contributed by atoms with Crippen LogP contribution in [0.1, 0.15) is 31.7 Å². The number of benzene rings is 1. The van der Waals surface area contributed by atoms with Crippen molar-refractivity contribution in [2.75, 3.05) is 7.11 Å². The van der Waals surface area contributed by atoms with Crippen LogP contribution in [-0.4, -0.2) is 13.1 Å². The topological polar surface area (TPSA) is 26.3 Å². The molecule has 1 saturated carbocycles. The number of hydrogen-bond acceptors (Lipinski definition) is 2. The van der Waals surface area contributed by atoms with Gasteiger partial charge < -0.3 is 4.74 Å². The van der Waals surface area contributed by atoms with Crippen molar-refractivity contribution in [1.29, 1.82) is 0 Å². The fourth-order valence-electron chi connectivity index (χ4n) is 3.06. The Balaban J connectivity index is 2.28. The highest BCUT2D eigenvalue weighted by Crippen LogP contribution is 2.49. The summed E-state index contributed by atoms with van der Waals surface area (Å²) in [4.78, 5) is 12.0. The average molecular weight is 244 g/mol. The zero-order valence-electron chi connectivity index (χ0n) is 11.1. The third-order valence-electron chi connectivity index (χ3n) is 4.17.